The molecule has 0 aliphatic rings. The molecule has 5 heteroatoms. The van der Waals surface area contributed by atoms with E-state index in [4.69, 9.17) is 4.43 Å². The molecular formula is C22H34O4Si. The Hall–Kier alpha value is -1.69. The van der Waals surface area contributed by atoms with Gasteiger partial charge in [0.05, 0.1) is 19.3 Å². The second-order valence-electron chi connectivity index (χ2n) is 8.24. The molecule has 1 rings (SSSR count). The van der Waals surface area contributed by atoms with Crippen LogP contribution in [0.3, 0.4) is 0 Å². The molecule has 1 aromatic carbocycles. The zero-order valence-corrected chi connectivity index (χ0v) is 18.4. The lowest BCUT2D eigenvalue weighted by Gasteiger charge is -2.39. The van der Waals surface area contributed by atoms with Gasteiger partial charge in [0.25, 0.3) is 0 Å². The molecule has 0 saturated carbocycles. The smallest absolute Gasteiger partial charge is 0.330 e. The summed E-state index contributed by atoms with van der Waals surface area (Å²) in [6, 6.07) is 10.1. The van der Waals surface area contributed by atoms with Gasteiger partial charge in [0, 0.05) is 12.5 Å². The van der Waals surface area contributed by atoms with E-state index >= 15 is 0 Å². The van der Waals surface area contributed by atoms with Gasteiger partial charge in [-0.3, -0.25) is 0 Å². The summed E-state index contributed by atoms with van der Waals surface area (Å²) in [6.45, 7) is 11.0. The number of hydrogen-bond donors (Lipinski definition) is 1. The summed E-state index contributed by atoms with van der Waals surface area (Å²) in [5, 5.41) is 10.5. The number of hydrogen-bond acceptors (Lipinski definition) is 4. The van der Waals surface area contributed by atoms with Gasteiger partial charge in [-0.1, -0.05) is 69.3 Å². The summed E-state index contributed by atoms with van der Waals surface area (Å²) in [7, 11) is -0.649. The van der Waals surface area contributed by atoms with Crippen LogP contribution in [0, 0.1) is 0 Å². The summed E-state index contributed by atoms with van der Waals surface area (Å²) in [6.07, 6.45) is 7.12. The van der Waals surface area contributed by atoms with Gasteiger partial charge < -0.3 is 14.3 Å². The van der Waals surface area contributed by atoms with Gasteiger partial charge in [-0.05, 0) is 30.1 Å². The second-order valence-corrected chi connectivity index (χ2v) is 13.0. The SMILES string of the molecule is COC(=O)/C=C\C[C@@H](O)C[C@@H](/C=C/c1ccccc1)O[Si](C)(C)C(C)(C)C. The van der Waals surface area contributed by atoms with Crippen molar-refractivity contribution in [2.24, 2.45) is 0 Å². The van der Waals surface area contributed by atoms with E-state index in [9.17, 15) is 9.90 Å². The van der Waals surface area contributed by atoms with Crippen LogP contribution < -0.4 is 0 Å². The molecule has 0 aromatic heterocycles. The third kappa shape index (κ3) is 8.69. The third-order valence-electron chi connectivity index (χ3n) is 4.92. The first kappa shape index (κ1) is 23.3. The Labute approximate surface area is 165 Å². The number of benzene rings is 1. The minimum absolute atomic E-state index is 0.0849. The van der Waals surface area contributed by atoms with Crippen LogP contribution in [0.4, 0.5) is 0 Å². The molecule has 0 fully saturated rings. The first-order valence-electron chi connectivity index (χ1n) is 9.39. The average Bonchev–Trinajstić information content (AvgIpc) is 2.59. The molecule has 27 heavy (non-hydrogen) atoms. The summed E-state index contributed by atoms with van der Waals surface area (Å²) >= 11 is 0. The van der Waals surface area contributed by atoms with Crippen molar-refractivity contribution in [3.63, 3.8) is 0 Å². The van der Waals surface area contributed by atoms with Crippen LogP contribution in [0.5, 0.6) is 0 Å². The fraction of sp³-hybridized carbons (Fsp3) is 0.500. The van der Waals surface area contributed by atoms with Crippen molar-refractivity contribution in [2.45, 2.75) is 64.0 Å². The predicted octanol–water partition coefficient (Wildman–Crippen LogP) is 4.96. The van der Waals surface area contributed by atoms with Crippen LogP contribution in [0.2, 0.25) is 18.1 Å². The summed E-state index contributed by atoms with van der Waals surface area (Å²) < 4.78 is 11.1. The maximum absolute atomic E-state index is 11.2. The van der Waals surface area contributed by atoms with Crippen molar-refractivity contribution in [3.8, 4) is 0 Å². The van der Waals surface area contributed by atoms with E-state index in [0.717, 1.165) is 5.56 Å². The highest BCUT2D eigenvalue weighted by atomic mass is 28.4. The number of aliphatic hydroxyl groups excluding tert-OH is 1. The van der Waals surface area contributed by atoms with Crippen LogP contribution in [0.1, 0.15) is 39.2 Å². The average molecular weight is 391 g/mol. The quantitative estimate of drug-likeness (QED) is 0.368. The van der Waals surface area contributed by atoms with Gasteiger partial charge in [-0.2, -0.15) is 0 Å². The van der Waals surface area contributed by atoms with Gasteiger partial charge in [-0.15, -0.1) is 0 Å². The van der Waals surface area contributed by atoms with Crippen LogP contribution in [-0.4, -0.2) is 38.7 Å². The molecule has 0 aliphatic carbocycles. The Balaban J connectivity index is 2.85. The van der Waals surface area contributed by atoms with E-state index in [1.165, 1.54) is 13.2 Å². The van der Waals surface area contributed by atoms with E-state index in [2.05, 4.69) is 38.6 Å². The van der Waals surface area contributed by atoms with Gasteiger partial charge in [0.1, 0.15) is 0 Å². The predicted molar refractivity (Wildman–Crippen MR) is 114 cm³/mol. The van der Waals surface area contributed by atoms with Gasteiger partial charge in [0.15, 0.2) is 8.32 Å². The van der Waals surface area contributed by atoms with Gasteiger partial charge >= 0.3 is 5.97 Å². The number of rotatable bonds is 9. The molecule has 0 bridgehead atoms. The summed E-state index contributed by atoms with van der Waals surface area (Å²) in [4.78, 5) is 11.2. The second kappa shape index (κ2) is 10.6. The highest BCUT2D eigenvalue weighted by Crippen LogP contribution is 2.38. The van der Waals surface area contributed by atoms with Gasteiger partial charge in [-0.25, -0.2) is 4.79 Å². The van der Waals surface area contributed by atoms with Crippen molar-refractivity contribution in [1.29, 1.82) is 0 Å². The van der Waals surface area contributed by atoms with Crippen LogP contribution in [-0.2, 0) is 14.0 Å². The minimum Gasteiger partial charge on any atom is -0.466 e. The largest absolute Gasteiger partial charge is 0.466 e. The number of ether oxygens (including phenoxy) is 1. The summed E-state index contributed by atoms with van der Waals surface area (Å²) in [5.74, 6) is -0.416. The van der Waals surface area contributed by atoms with E-state index in [-0.39, 0.29) is 11.1 Å². The van der Waals surface area contributed by atoms with Crippen molar-refractivity contribution >= 4 is 20.4 Å². The Kier molecular flexibility index (Phi) is 9.16. The molecule has 0 spiro atoms. The van der Waals surface area contributed by atoms with E-state index in [0.29, 0.717) is 12.8 Å². The number of methoxy groups -OCH3 is 1. The number of esters is 1. The molecule has 0 aliphatic heterocycles. The lowest BCUT2D eigenvalue weighted by atomic mass is 10.1. The summed E-state index contributed by atoms with van der Waals surface area (Å²) in [5.41, 5.74) is 1.10. The lowest BCUT2D eigenvalue weighted by Crippen LogP contribution is -2.44. The van der Waals surface area contributed by atoms with E-state index < -0.39 is 20.4 Å². The monoisotopic (exact) mass is 390 g/mol. The highest BCUT2D eigenvalue weighted by molar-refractivity contribution is 6.74. The molecule has 0 radical (unpaired) electrons. The molecule has 150 valence electrons. The fourth-order valence-electron chi connectivity index (χ4n) is 2.26. The van der Waals surface area contributed by atoms with Crippen LogP contribution in [0.15, 0.2) is 48.6 Å². The number of carbonyl (C=O) groups excluding carboxylic acids is 1. The standard InChI is InChI=1S/C22H34O4Si/c1-22(2,3)27(5,6)26-20(16-15-18-11-8-7-9-12-18)17-19(23)13-10-14-21(24)25-4/h7-12,14-16,19-20,23H,13,17H2,1-6H3/b14-10-,16-15+/t19-,20-/m1/s1. The molecule has 1 N–H and O–H groups in total. The Morgan fingerprint density at radius 2 is 1.85 bits per heavy atom. The van der Waals surface area contributed by atoms with Gasteiger partial charge in [0.2, 0.25) is 0 Å². The molecular weight excluding hydrogens is 356 g/mol. The molecule has 0 heterocycles. The molecule has 0 amide bonds. The molecule has 0 saturated heterocycles. The van der Waals surface area contributed by atoms with Crippen molar-refractivity contribution in [1.82, 2.24) is 0 Å². The zero-order valence-electron chi connectivity index (χ0n) is 17.4. The van der Waals surface area contributed by atoms with Crippen LogP contribution >= 0.6 is 0 Å². The molecule has 0 unspecified atom stereocenters. The Morgan fingerprint density at radius 3 is 2.41 bits per heavy atom. The highest BCUT2D eigenvalue weighted by Gasteiger charge is 2.39. The van der Waals surface area contributed by atoms with E-state index in [1.807, 2.05) is 42.5 Å². The Bertz CT molecular complexity index is 629. The van der Waals surface area contributed by atoms with E-state index in [1.54, 1.807) is 6.08 Å². The number of aliphatic hydroxyl groups is 1. The molecule has 2 atom stereocenters. The third-order valence-corrected chi connectivity index (χ3v) is 9.43. The fourth-order valence-corrected chi connectivity index (χ4v) is 3.54. The lowest BCUT2D eigenvalue weighted by molar-refractivity contribution is -0.134. The Morgan fingerprint density at radius 1 is 1.22 bits per heavy atom. The topological polar surface area (TPSA) is 55.8 Å². The molecule has 4 nitrogen and oxygen atoms in total. The first-order valence-corrected chi connectivity index (χ1v) is 12.3. The van der Waals surface area contributed by atoms with Crippen molar-refractivity contribution in [3.05, 3.63) is 54.1 Å². The first-order chi connectivity index (χ1) is 12.5. The number of carbonyl (C=O) groups is 1. The zero-order chi connectivity index (χ0) is 20.5. The normalized spacial score (nSPS) is 15.2. The minimum atomic E-state index is -1.98. The maximum atomic E-state index is 11.2. The maximum Gasteiger partial charge on any atom is 0.330 e. The molecule has 1 aromatic rings. The van der Waals surface area contributed by atoms with Crippen molar-refractivity contribution in [2.75, 3.05) is 7.11 Å². The van der Waals surface area contributed by atoms with Crippen LogP contribution in [0.25, 0.3) is 6.08 Å². The van der Waals surface area contributed by atoms with Crippen molar-refractivity contribution < 1.29 is 19.1 Å².